The van der Waals surface area contributed by atoms with Gasteiger partial charge in [0.1, 0.15) is 6.67 Å². The predicted octanol–water partition coefficient (Wildman–Crippen LogP) is 3.27. The van der Waals surface area contributed by atoms with Gasteiger partial charge < -0.3 is 11.1 Å². The van der Waals surface area contributed by atoms with E-state index < -0.39 is 12.7 Å². The summed E-state index contributed by atoms with van der Waals surface area (Å²) in [5.41, 5.74) is 8.67. The Labute approximate surface area is 107 Å². The van der Waals surface area contributed by atoms with Crippen LogP contribution in [0.15, 0.2) is 54.6 Å². The molecule has 0 aromatic heterocycles. The van der Waals surface area contributed by atoms with Crippen molar-refractivity contribution < 1.29 is 4.39 Å². The number of halogens is 1. The van der Waals surface area contributed by atoms with Gasteiger partial charge in [-0.2, -0.15) is 0 Å². The summed E-state index contributed by atoms with van der Waals surface area (Å²) in [5, 5.41) is 3.31. The van der Waals surface area contributed by atoms with Gasteiger partial charge in [-0.05, 0) is 23.3 Å². The molecule has 0 radical (unpaired) electrons. The predicted molar refractivity (Wildman–Crippen MR) is 73.1 cm³/mol. The third-order valence-electron chi connectivity index (χ3n) is 2.84. The summed E-state index contributed by atoms with van der Waals surface area (Å²) in [4.78, 5) is 0. The Bertz CT molecular complexity index is 468. The highest BCUT2D eigenvalue weighted by molar-refractivity contribution is 5.45. The fraction of sp³-hybridized carbons (Fsp3) is 0.200. The number of nitrogens with two attached hydrogens (primary N) is 1. The first-order valence-electron chi connectivity index (χ1n) is 5.99. The van der Waals surface area contributed by atoms with E-state index in [1.54, 1.807) is 0 Å². The number of hydrogen-bond acceptors (Lipinski definition) is 2. The topological polar surface area (TPSA) is 38.0 Å². The SMILES string of the molecule is N[C@H](CF)c1ccc(NCc2ccccc2)cc1. The second kappa shape index (κ2) is 6.17. The molecule has 3 heteroatoms. The Morgan fingerprint density at radius 2 is 1.67 bits per heavy atom. The van der Waals surface area contributed by atoms with Crippen molar-refractivity contribution in [3.8, 4) is 0 Å². The highest BCUT2D eigenvalue weighted by Gasteiger charge is 2.04. The van der Waals surface area contributed by atoms with Crippen molar-refractivity contribution in [3.63, 3.8) is 0 Å². The van der Waals surface area contributed by atoms with Crippen LogP contribution in [0.5, 0.6) is 0 Å². The minimum absolute atomic E-state index is 0.520. The Kier molecular flexibility index (Phi) is 4.31. The van der Waals surface area contributed by atoms with E-state index in [1.807, 2.05) is 42.5 Å². The molecule has 0 fully saturated rings. The molecule has 1 atom stereocenters. The molecule has 2 aromatic carbocycles. The van der Waals surface area contributed by atoms with Crippen LogP contribution in [-0.4, -0.2) is 6.67 Å². The molecule has 0 aliphatic carbocycles. The lowest BCUT2D eigenvalue weighted by Gasteiger charge is -2.10. The van der Waals surface area contributed by atoms with Crippen molar-refractivity contribution in [1.29, 1.82) is 0 Å². The number of alkyl halides is 1. The maximum atomic E-state index is 12.4. The van der Waals surface area contributed by atoms with Crippen LogP contribution in [0, 0.1) is 0 Å². The normalized spacial score (nSPS) is 12.1. The van der Waals surface area contributed by atoms with Gasteiger partial charge in [-0.1, -0.05) is 42.5 Å². The molecular weight excluding hydrogens is 227 g/mol. The Hall–Kier alpha value is -1.87. The quantitative estimate of drug-likeness (QED) is 0.847. The van der Waals surface area contributed by atoms with Gasteiger partial charge in [0.05, 0.1) is 6.04 Å². The molecule has 0 amide bonds. The molecule has 94 valence electrons. The molecule has 0 saturated heterocycles. The second-order valence-corrected chi connectivity index (χ2v) is 4.22. The first-order chi connectivity index (χ1) is 8.79. The molecule has 0 heterocycles. The summed E-state index contributed by atoms with van der Waals surface area (Å²) in [7, 11) is 0. The number of anilines is 1. The first kappa shape index (κ1) is 12.6. The number of hydrogen-bond donors (Lipinski definition) is 2. The number of benzene rings is 2. The molecule has 0 aliphatic rings. The van der Waals surface area contributed by atoms with Crippen LogP contribution in [0.2, 0.25) is 0 Å². The molecule has 0 saturated carbocycles. The van der Waals surface area contributed by atoms with E-state index in [4.69, 9.17) is 5.73 Å². The first-order valence-corrected chi connectivity index (χ1v) is 5.99. The lowest BCUT2D eigenvalue weighted by Crippen LogP contribution is -2.11. The largest absolute Gasteiger partial charge is 0.381 e. The maximum Gasteiger partial charge on any atom is 0.109 e. The van der Waals surface area contributed by atoms with Crippen LogP contribution in [0.25, 0.3) is 0 Å². The fourth-order valence-corrected chi connectivity index (χ4v) is 1.74. The van der Waals surface area contributed by atoms with E-state index in [0.717, 1.165) is 17.8 Å². The zero-order valence-electron chi connectivity index (χ0n) is 10.1. The summed E-state index contributed by atoms with van der Waals surface area (Å²) in [6.07, 6.45) is 0. The smallest absolute Gasteiger partial charge is 0.109 e. The lowest BCUT2D eigenvalue weighted by atomic mass is 10.1. The standard InChI is InChI=1S/C15H17FN2/c16-10-15(17)13-6-8-14(9-7-13)18-11-12-4-2-1-3-5-12/h1-9,15,18H,10-11,17H2/t15-/m1/s1. The molecule has 0 bridgehead atoms. The van der Waals surface area contributed by atoms with Gasteiger partial charge >= 0.3 is 0 Å². The van der Waals surface area contributed by atoms with Crippen molar-refractivity contribution in [3.05, 3.63) is 65.7 Å². The molecule has 0 unspecified atom stereocenters. The minimum atomic E-state index is -0.531. The summed E-state index contributed by atoms with van der Waals surface area (Å²) >= 11 is 0. The van der Waals surface area contributed by atoms with Crippen LogP contribution in [0.4, 0.5) is 10.1 Å². The average molecular weight is 244 g/mol. The molecule has 0 spiro atoms. The molecule has 2 nitrogen and oxygen atoms in total. The Morgan fingerprint density at radius 3 is 2.28 bits per heavy atom. The summed E-state index contributed by atoms with van der Waals surface area (Å²) in [6, 6.07) is 17.2. The zero-order valence-corrected chi connectivity index (χ0v) is 10.1. The van der Waals surface area contributed by atoms with Crippen molar-refractivity contribution >= 4 is 5.69 Å². The van der Waals surface area contributed by atoms with E-state index in [1.165, 1.54) is 5.56 Å². The van der Waals surface area contributed by atoms with Gasteiger partial charge in [0.2, 0.25) is 0 Å². The molecule has 0 aliphatic heterocycles. The van der Waals surface area contributed by atoms with E-state index in [9.17, 15) is 4.39 Å². The zero-order chi connectivity index (χ0) is 12.8. The highest BCUT2D eigenvalue weighted by Crippen LogP contribution is 2.15. The molecule has 3 N–H and O–H groups in total. The molecule has 2 aromatic rings. The maximum absolute atomic E-state index is 12.4. The third-order valence-corrected chi connectivity index (χ3v) is 2.84. The average Bonchev–Trinajstić information content (AvgIpc) is 2.46. The van der Waals surface area contributed by atoms with Crippen molar-refractivity contribution in [1.82, 2.24) is 0 Å². The van der Waals surface area contributed by atoms with Crippen LogP contribution < -0.4 is 11.1 Å². The van der Waals surface area contributed by atoms with Crippen molar-refractivity contribution in [2.75, 3.05) is 12.0 Å². The second-order valence-electron chi connectivity index (χ2n) is 4.22. The van der Waals surface area contributed by atoms with Gasteiger partial charge in [0.25, 0.3) is 0 Å². The van der Waals surface area contributed by atoms with Crippen LogP contribution in [-0.2, 0) is 6.54 Å². The van der Waals surface area contributed by atoms with E-state index in [2.05, 4.69) is 17.4 Å². The third kappa shape index (κ3) is 3.31. The Morgan fingerprint density at radius 1 is 1.00 bits per heavy atom. The van der Waals surface area contributed by atoms with Crippen LogP contribution >= 0.6 is 0 Å². The Balaban J connectivity index is 1.94. The van der Waals surface area contributed by atoms with Gasteiger partial charge in [-0.3, -0.25) is 0 Å². The van der Waals surface area contributed by atoms with Gasteiger partial charge in [-0.15, -0.1) is 0 Å². The van der Waals surface area contributed by atoms with Gasteiger partial charge in [-0.25, -0.2) is 4.39 Å². The summed E-state index contributed by atoms with van der Waals surface area (Å²) < 4.78 is 12.4. The molecular formula is C15H17FN2. The highest BCUT2D eigenvalue weighted by atomic mass is 19.1. The van der Waals surface area contributed by atoms with Gasteiger partial charge in [0.15, 0.2) is 0 Å². The summed E-state index contributed by atoms with van der Waals surface area (Å²) in [6.45, 7) is 0.242. The molecule has 18 heavy (non-hydrogen) atoms. The fourth-order valence-electron chi connectivity index (χ4n) is 1.74. The van der Waals surface area contributed by atoms with E-state index >= 15 is 0 Å². The van der Waals surface area contributed by atoms with E-state index in [0.29, 0.717) is 0 Å². The number of nitrogens with one attached hydrogen (secondary N) is 1. The van der Waals surface area contributed by atoms with Crippen LogP contribution in [0.3, 0.4) is 0 Å². The van der Waals surface area contributed by atoms with E-state index in [-0.39, 0.29) is 0 Å². The summed E-state index contributed by atoms with van der Waals surface area (Å²) in [5.74, 6) is 0. The van der Waals surface area contributed by atoms with Crippen molar-refractivity contribution in [2.24, 2.45) is 5.73 Å². The van der Waals surface area contributed by atoms with Crippen LogP contribution in [0.1, 0.15) is 17.2 Å². The lowest BCUT2D eigenvalue weighted by molar-refractivity contribution is 0.437. The monoisotopic (exact) mass is 244 g/mol. The number of rotatable bonds is 5. The molecule has 2 rings (SSSR count). The van der Waals surface area contributed by atoms with Crippen molar-refractivity contribution in [2.45, 2.75) is 12.6 Å². The minimum Gasteiger partial charge on any atom is -0.381 e. The van der Waals surface area contributed by atoms with Gasteiger partial charge in [0, 0.05) is 12.2 Å².